The molecule has 9 nitrogen and oxygen atoms in total. The Morgan fingerprint density at radius 2 is 2.06 bits per heavy atom. The number of pyridine rings is 1. The van der Waals surface area contributed by atoms with Gasteiger partial charge in [0.2, 0.25) is 5.95 Å². The smallest absolute Gasteiger partial charge is 0.410 e. The number of alkyl halides is 1. The van der Waals surface area contributed by atoms with Gasteiger partial charge in [0.15, 0.2) is 0 Å². The maximum Gasteiger partial charge on any atom is 0.410 e. The molecule has 1 aliphatic carbocycles. The Morgan fingerprint density at radius 1 is 1.24 bits per heavy atom. The van der Waals surface area contributed by atoms with E-state index in [1.165, 1.54) is 0 Å². The Hall–Kier alpha value is -3.01. The van der Waals surface area contributed by atoms with Crippen LogP contribution in [0.25, 0.3) is 11.3 Å². The van der Waals surface area contributed by atoms with Gasteiger partial charge in [-0.05, 0) is 43.7 Å². The molecule has 2 aromatic heterocycles. The average molecular weight is 459 g/mol. The standard InChI is InChI=1S/C23H31FN6O3/c1-2-16(24)12-26-22-27-13-19(21(29-22)28-17-4-6-18(31)7-5-17)20-8-3-15(11-25-20)14-30-9-10-33-23(30)32/h3,8,11,13,16-18,31H,2,4-7,9-10,12,14H2,1H3,(H2,26,27,28,29). The fourth-order valence-electron chi connectivity index (χ4n) is 3.99. The van der Waals surface area contributed by atoms with Gasteiger partial charge in [-0.25, -0.2) is 14.2 Å². The van der Waals surface area contributed by atoms with Crippen LogP contribution in [0, 0.1) is 0 Å². The molecule has 2 aliphatic rings. The SMILES string of the molecule is CCC(F)CNc1ncc(-c2ccc(CN3CCOC3=O)cn2)c(NC2CCC(O)CC2)n1. The molecule has 33 heavy (non-hydrogen) atoms. The third kappa shape index (κ3) is 6.07. The normalized spacial score (nSPS) is 21.5. The number of cyclic esters (lactones) is 1. The second kappa shape index (κ2) is 10.7. The van der Waals surface area contributed by atoms with Crippen LogP contribution in [0.1, 0.15) is 44.6 Å². The van der Waals surface area contributed by atoms with E-state index in [0.29, 0.717) is 43.6 Å². The lowest BCUT2D eigenvalue weighted by Crippen LogP contribution is -2.29. The molecular weight excluding hydrogens is 427 g/mol. The zero-order valence-corrected chi connectivity index (χ0v) is 18.8. The van der Waals surface area contributed by atoms with E-state index in [-0.39, 0.29) is 24.8 Å². The number of ether oxygens (including phenoxy) is 1. The number of carbonyl (C=O) groups is 1. The van der Waals surface area contributed by atoms with Crippen LogP contribution in [0.4, 0.5) is 21.0 Å². The topological polar surface area (TPSA) is 112 Å². The first-order valence-corrected chi connectivity index (χ1v) is 11.6. The molecule has 1 unspecified atom stereocenters. The molecule has 0 aromatic carbocycles. The van der Waals surface area contributed by atoms with Gasteiger partial charge in [0.1, 0.15) is 18.6 Å². The Kier molecular flexibility index (Phi) is 7.54. The van der Waals surface area contributed by atoms with Crippen LogP contribution in [0.15, 0.2) is 24.5 Å². The van der Waals surface area contributed by atoms with Crippen LogP contribution in [-0.4, -0.2) is 69.1 Å². The first-order valence-electron chi connectivity index (χ1n) is 11.6. The summed E-state index contributed by atoms with van der Waals surface area (Å²) in [5, 5.41) is 16.3. The van der Waals surface area contributed by atoms with E-state index in [2.05, 4.69) is 25.6 Å². The van der Waals surface area contributed by atoms with Gasteiger partial charge in [0.05, 0.1) is 30.5 Å². The molecule has 178 valence electrons. The Morgan fingerprint density at radius 3 is 2.73 bits per heavy atom. The Labute approximate surface area is 192 Å². The summed E-state index contributed by atoms with van der Waals surface area (Å²) < 4.78 is 18.7. The van der Waals surface area contributed by atoms with E-state index < -0.39 is 6.17 Å². The van der Waals surface area contributed by atoms with Crippen LogP contribution in [0.2, 0.25) is 0 Å². The predicted octanol–water partition coefficient (Wildman–Crippen LogP) is 3.37. The number of aromatic nitrogens is 3. The highest BCUT2D eigenvalue weighted by Crippen LogP contribution is 2.29. The summed E-state index contributed by atoms with van der Waals surface area (Å²) in [6, 6.07) is 3.99. The van der Waals surface area contributed by atoms with Crippen molar-refractivity contribution >= 4 is 17.9 Å². The third-order valence-electron chi connectivity index (χ3n) is 6.07. The lowest BCUT2D eigenvalue weighted by Gasteiger charge is -2.27. The van der Waals surface area contributed by atoms with E-state index in [1.807, 2.05) is 12.1 Å². The van der Waals surface area contributed by atoms with E-state index in [1.54, 1.807) is 24.2 Å². The molecule has 1 saturated carbocycles. The first-order chi connectivity index (χ1) is 16.0. The van der Waals surface area contributed by atoms with Gasteiger partial charge < -0.3 is 25.4 Å². The molecule has 1 amide bonds. The van der Waals surface area contributed by atoms with Gasteiger partial charge in [-0.3, -0.25) is 4.98 Å². The lowest BCUT2D eigenvalue weighted by atomic mass is 9.93. The van der Waals surface area contributed by atoms with Gasteiger partial charge >= 0.3 is 6.09 Å². The zero-order valence-electron chi connectivity index (χ0n) is 18.8. The minimum absolute atomic E-state index is 0.150. The number of rotatable bonds is 9. The minimum Gasteiger partial charge on any atom is -0.448 e. The number of aliphatic hydroxyl groups is 1. The second-order valence-electron chi connectivity index (χ2n) is 8.58. The third-order valence-corrected chi connectivity index (χ3v) is 6.07. The van der Waals surface area contributed by atoms with Crippen molar-refractivity contribution in [1.82, 2.24) is 19.9 Å². The molecule has 3 N–H and O–H groups in total. The Bertz CT molecular complexity index is 936. The largest absolute Gasteiger partial charge is 0.448 e. The van der Waals surface area contributed by atoms with Crippen molar-refractivity contribution in [3.63, 3.8) is 0 Å². The molecule has 1 aliphatic heterocycles. The molecule has 0 radical (unpaired) electrons. The van der Waals surface area contributed by atoms with Crippen molar-refractivity contribution in [2.45, 2.75) is 63.9 Å². The molecule has 0 spiro atoms. The van der Waals surface area contributed by atoms with Gasteiger partial charge in [0, 0.05) is 25.0 Å². The lowest BCUT2D eigenvalue weighted by molar-refractivity contribution is 0.126. The summed E-state index contributed by atoms with van der Waals surface area (Å²) in [6.45, 7) is 3.38. The van der Waals surface area contributed by atoms with Crippen molar-refractivity contribution in [1.29, 1.82) is 0 Å². The molecule has 2 fully saturated rings. The number of hydrogen-bond acceptors (Lipinski definition) is 8. The highest BCUT2D eigenvalue weighted by molar-refractivity contribution is 5.73. The van der Waals surface area contributed by atoms with Crippen molar-refractivity contribution in [3.8, 4) is 11.3 Å². The maximum absolute atomic E-state index is 13.7. The maximum atomic E-state index is 13.7. The number of halogens is 1. The molecule has 4 rings (SSSR count). The van der Waals surface area contributed by atoms with Crippen molar-refractivity contribution in [3.05, 3.63) is 30.1 Å². The number of anilines is 2. The number of aliphatic hydroxyl groups excluding tert-OH is 1. The number of amides is 1. The van der Waals surface area contributed by atoms with E-state index in [0.717, 1.165) is 36.8 Å². The number of carbonyl (C=O) groups excluding carboxylic acids is 1. The average Bonchev–Trinajstić information content (AvgIpc) is 3.24. The summed E-state index contributed by atoms with van der Waals surface area (Å²) in [5.41, 5.74) is 2.34. The monoisotopic (exact) mass is 458 g/mol. The molecule has 2 aromatic rings. The second-order valence-corrected chi connectivity index (χ2v) is 8.58. The van der Waals surface area contributed by atoms with Crippen molar-refractivity contribution in [2.24, 2.45) is 0 Å². The molecule has 10 heteroatoms. The summed E-state index contributed by atoms with van der Waals surface area (Å²) in [6.07, 6.45) is 5.50. The highest BCUT2D eigenvalue weighted by atomic mass is 19.1. The van der Waals surface area contributed by atoms with Gasteiger partial charge in [0.25, 0.3) is 0 Å². The van der Waals surface area contributed by atoms with E-state index >= 15 is 0 Å². The Balaban J connectivity index is 1.52. The fourth-order valence-corrected chi connectivity index (χ4v) is 3.99. The molecule has 1 saturated heterocycles. The predicted molar refractivity (Wildman–Crippen MR) is 123 cm³/mol. The number of nitrogens with zero attached hydrogens (tertiary/aromatic N) is 4. The van der Waals surface area contributed by atoms with Crippen LogP contribution >= 0.6 is 0 Å². The van der Waals surface area contributed by atoms with Crippen LogP contribution in [-0.2, 0) is 11.3 Å². The highest BCUT2D eigenvalue weighted by Gasteiger charge is 2.23. The van der Waals surface area contributed by atoms with Crippen molar-refractivity contribution in [2.75, 3.05) is 30.3 Å². The number of nitrogens with one attached hydrogen (secondary N) is 2. The minimum atomic E-state index is -0.966. The summed E-state index contributed by atoms with van der Waals surface area (Å²) in [4.78, 5) is 26.9. The van der Waals surface area contributed by atoms with Crippen LogP contribution in [0.5, 0.6) is 0 Å². The quantitative estimate of drug-likeness (QED) is 0.524. The molecule has 3 heterocycles. The fraction of sp³-hybridized carbons (Fsp3) is 0.565. The van der Waals surface area contributed by atoms with Gasteiger partial charge in [-0.2, -0.15) is 4.98 Å². The molecular formula is C23H31FN6O3. The number of hydrogen-bond donors (Lipinski definition) is 3. The van der Waals surface area contributed by atoms with Gasteiger partial charge in [-0.1, -0.05) is 13.0 Å². The zero-order chi connectivity index (χ0) is 23.2. The first kappa shape index (κ1) is 23.2. The van der Waals surface area contributed by atoms with Crippen LogP contribution < -0.4 is 10.6 Å². The summed E-state index contributed by atoms with van der Waals surface area (Å²) >= 11 is 0. The molecule has 0 bridgehead atoms. The molecule has 1 atom stereocenters. The summed E-state index contributed by atoms with van der Waals surface area (Å²) in [5.74, 6) is 0.988. The van der Waals surface area contributed by atoms with Crippen molar-refractivity contribution < 1.29 is 19.0 Å². The van der Waals surface area contributed by atoms with Crippen LogP contribution in [0.3, 0.4) is 0 Å². The summed E-state index contributed by atoms with van der Waals surface area (Å²) in [7, 11) is 0. The van der Waals surface area contributed by atoms with Gasteiger partial charge in [-0.15, -0.1) is 0 Å². The van der Waals surface area contributed by atoms with E-state index in [4.69, 9.17) is 4.74 Å². The van der Waals surface area contributed by atoms with E-state index in [9.17, 15) is 14.3 Å².